The lowest BCUT2D eigenvalue weighted by molar-refractivity contribution is -0.104. The monoisotopic (exact) mass is 246 g/mol. The summed E-state index contributed by atoms with van der Waals surface area (Å²) in [6.45, 7) is 0. The summed E-state index contributed by atoms with van der Waals surface area (Å²) in [5.74, 6) is 0. The standard InChI is InChI=1S/C11H6N2OS2/c12-7-9-10(8-13)16-11(15-9)5-3-1-2-4-6-14/h1-6H/b3-1+,4-2+. The fraction of sp³-hybridized carbons (Fsp3) is 0. The third-order valence-corrected chi connectivity index (χ3v) is 3.76. The Hall–Kier alpha value is -1.69. The molecule has 1 heterocycles. The van der Waals surface area contributed by atoms with Gasteiger partial charge in [0.05, 0.1) is 4.24 Å². The van der Waals surface area contributed by atoms with Crippen molar-refractivity contribution >= 4 is 29.8 Å². The molecule has 0 aromatic carbocycles. The fourth-order valence-electron chi connectivity index (χ4n) is 0.838. The van der Waals surface area contributed by atoms with Crippen LogP contribution in [0.3, 0.4) is 0 Å². The lowest BCUT2D eigenvalue weighted by Gasteiger charge is -1.88. The van der Waals surface area contributed by atoms with Gasteiger partial charge in [0.2, 0.25) is 0 Å². The number of nitrogens with zero attached hydrogens (tertiary/aromatic N) is 2. The van der Waals surface area contributed by atoms with Crippen LogP contribution >= 0.6 is 23.5 Å². The van der Waals surface area contributed by atoms with Crippen molar-refractivity contribution in [1.82, 2.24) is 0 Å². The van der Waals surface area contributed by atoms with E-state index in [2.05, 4.69) is 0 Å². The molecule has 0 spiro atoms. The topological polar surface area (TPSA) is 64.7 Å². The van der Waals surface area contributed by atoms with Crippen LogP contribution in [-0.2, 0) is 4.79 Å². The molecule has 3 nitrogen and oxygen atoms in total. The van der Waals surface area contributed by atoms with Crippen molar-refractivity contribution in [2.75, 3.05) is 0 Å². The van der Waals surface area contributed by atoms with Crippen LogP contribution in [-0.4, -0.2) is 6.29 Å². The number of allylic oxidation sites excluding steroid dienone is 7. The molecule has 0 N–H and O–H groups in total. The molecule has 0 aromatic heterocycles. The first kappa shape index (κ1) is 12.4. The number of hydrogen-bond donors (Lipinski definition) is 0. The van der Waals surface area contributed by atoms with Gasteiger partial charge in [0.1, 0.15) is 28.2 Å². The highest BCUT2D eigenvalue weighted by molar-refractivity contribution is 8.28. The van der Waals surface area contributed by atoms with Crippen LogP contribution < -0.4 is 0 Å². The maximum absolute atomic E-state index is 9.96. The maximum Gasteiger partial charge on any atom is 0.142 e. The number of rotatable bonds is 3. The van der Waals surface area contributed by atoms with Crippen LogP contribution in [0.2, 0.25) is 0 Å². The zero-order chi connectivity index (χ0) is 11.8. The minimum Gasteiger partial charge on any atom is -0.299 e. The van der Waals surface area contributed by atoms with Gasteiger partial charge in [-0.25, -0.2) is 0 Å². The molecule has 0 saturated carbocycles. The van der Waals surface area contributed by atoms with E-state index in [0.717, 1.165) is 4.24 Å². The molecule has 1 aliphatic heterocycles. The van der Waals surface area contributed by atoms with Gasteiger partial charge in [-0.15, -0.1) is 0 Å². The molecule has 1 aliphatic rings. The Morgan fingerprint density at radius 2 is 1.50 bits per heavy atom. The average molecular weight is 246 g/mol. The van der Waals surface area contributed by atoms with Gasteiger partial charge in [-0.05, 0) is 12.2 Å². The third kappa shape index (κ3) is 3.47. The minimum absolute atomic E-state index is 0.440. The van der Waals surface area contributed by atoms with E-state index < -0.39 is 0 Å². The molecule has 1 rings (SSSR count). The SMILES string of the molecule is N#CC1=C(C#N)SC(=C/C=C/C=C/C=O)S1. The first-order valence-electron chi connectivity index (χ1n) is 4.20. The second-order valence-electron chi connectivity index (χ2n) is 2.48. The van der Waals surface area contributed by atoms with E-state index in [-0.39, 0.29) is 0 Å². The highest BCUT2D eigenvalue weighted by Gasteiger charge is 2.19. The Labute approximate surface area is 102 Å². The predicted molar refractivity (Wildman–Crippen MR) is 65.9 cm³/mol. The molecule has 0 aromatic rings. The van der Waals surface area contributed by atoms with Crippen LogP contribution in [0.4, 0.5) is 0 Å². The number of carbonyl (C=O) groups excluding carboxylic acids is 1. The summed E-state index contributed by atoms with van der Waals surface area (Å²) in [5, 5.41) is 17.5. The van der Waals surface area contributed by atoms with Gasteiger partial charge in [0, 0.05) is 0 Å². The lowest BCUT2D eigenvalue weighted by Crippen LogP contribution is -1.66. The molecule has 0 fully saturated rings. The highest BCUT2D eigenvalue weighted by Crippen LogP contribution is 2.48. The summed E-state index contributed by atoms with van der Waals surface area (Å²) in [6, 6.07) is 3.96. The van der Waals surface area contributed by atoms with Crippen LogP contribution in [0, 0.1) is 22.7 Å². The van der Waals surface area contributed by atoms with Gasteiger partial charge in [0.15, 0.2) is 0 Å². The van der Waals surface area contributed by atoms with Crippen molar-refractivity contribution in [1.29, 1.82) is 10.5 Å². The quantitative estimate of drug-likeness (QED) is 0.435. The second kappa shape index (κ2) is 6.73. The maximum atomic E-state index is 9.96. The number of hydrogen-bond acceptors (Lipinski definition) is 5. The van der Waals surface area contributed by atoms with E-state index >= 15 is 0 Å². The lowest BCUT2D eigenvalue weighted by atomic mass is 10.4. The molecule has 16 heavy (non-hydrogen) atoms. The van der Waals surface area contributed by atoms with E-state index in [4.69, 9.17) is 10.5 Å². The normalized spacial score (nSPS) is 15.5. The first-order chi connectivity index (χ1) is 7.81. The molecule has 0 aliphatic carbocycles. The molecule has 0 saturated heterocycles. The van der Waals surface area contributed by atoms with Crippen molar-refractivity contribution in [3.05, 3.63) is 44.4 Å². The molecule has 0 atom stereocenters. The third-order valence-electron chi connectivity index (χ3n) is 1.46. The van der Waals surface area contributed by atoms with Gasteiger partial charge in [-0.3, -0.25) is 4.79 Å². The van der Waals surface area contributed by atoms with Gasteiger partial charge < -0.3 is 0 Å². The van der Waals surface area contributed by atoms with E-state index in [1.807, 2.05) is 12.1 Å². The Balaban J connectivity index is 2.63. The first-order valence-corrected chi connectivity index (χ1v) is 5.84. The van der Waals surface area contributed by atoms with Gasteiger partial charge in [-0.2, -0.15) is 10.5 Å². The fourth-order valence-corrected chi connectivity index (χ4v) is 2.82. The molecule has 0 bridgehead atoms. The average Bonchev–Trinajstić information content (AvgIpc) is 2.71. The molecular formula is C11H6N2OS2. The smallest absolute Gasteiger partial charge is 0.142 e. The highest BCUT2D eigenvalue weighted by atomic mass is 32.2. The van der Waals surface area contributed by atoms with Crippen LogP contribution in [0.1, 0.15) is 0 Å². The largest absolute Gasteiger partial charge is 0.299 e. The summed E-state index contributed by atoms with van der Waals surface area (Å²) < 4.78 is 0.879. The van der Waals surface area contributed by atoms with Crippen molar-refractivity contribution in [3.63, 3.8) is 0 Å². The molecule has 5 heteroatoms. The van der Waals surface area contributed by atoms with E-state index in [1.54, 1.807) is 24.3 Å². The van der Waals surface area contributed by atoms with Gasteiger partial charge >= 0.3 is 0 Å². The number of nitriles is 2. The Bertz CT molecular complexity index is 459. The molecule has 0 radical (unpaired) electrons. The summed E-state index contributed by atoms with van der Waals surface area (Å²) in [6.07, 6.45) is 8.94. The van der Waals surface area contributed by atoms with E-state index in [9.17, 15) is 4.79 Å². The molecular weight excluding hydrogens is 240 g/mol. The van der Waals surface area contributed by atoms with Crippen molar-refractivity contribution in [2.24, 2.45) is 0 Å². The van der Waals surface area contributed by atoms with E-state index in [1.165, 1.54) is 29.6 Å². The van der Waals surface area contributed by atoms with Crippen molar-refractivity contribution in [2.45, 2.75) is 0 Å². The molecule has 78 valence electrons. The zero-order valence-corrected chi connectivity index (χ0v) is 9.72. The molecule has 0 amide bonds. The summed E-state index contributed by atoms with van der Waals surface area (Å²) >= 11 is 2.56. The number of thioether (sulfide) groups is 2. The Kier molecular flexibility index (Phi) is 5.21. The summed E-state index contributed by atoms with van der Waals surface area (Å²) in [4.78, 5) is 10.8. The second-order valence-corrected chi connectivity index (χ2v) is 4.84. The van der Waals surface area contributed by atoms with Crippen molar-refractivity contribution < 1.29 is 4.79 Å². The minimum atomic E-state index is 0.440. The van der Waals surface area contributed by atoms with Crippen molar-refractivity contribution in [3.8, 4) is 12.1 Å². The van der Waals surface area contributed by atoms with E-state index in [0.29, 0.717) is 16.1 Å². The summed E-state index contributed by atoms with van der Waals surface area (Å²) in [5.41, 5.74) is 0. The Morgan fingerprint density at radius 3 is 2.00 bits per heavy atom. The van der Waals surface area contributed by atoms with Crippen LogP contribution in [0.25, 0.3) is 0 Å². The number of aldehydes is 1. The predicted octanol–water partition coefficient (Wildman–Crippen LogP) is 2.88. The van der Waals surface area contributed by atoms with Gasteiger partial charge in [0.25, 0.3) is 0 Å². The van der Waals surface area contributed by atoms with Crippen LogP contribution in [0.15, 0.2) is 44.4 Å². The van der Waals surface area contributed by atoms with Gasteiger partial charge in [-0.1, -0.05) is 41.8 Å². The summed E-state index contributed by atoms with van der Waals surface area (Å²) in [7, 11) is 0. The Morgan fingerprint density at radius 1 is 0.938 bits per heavy atom. The molecule has 0 unspecified atom stereocenters. The number of carbonyl (C=O) groups is 1. The van der Waals surface area contributed by atoms with Crippen LogP contribution in [0.5, 0.6) is 0 Å². The zero-order valence-electron chi connectivity index (χ0n) is 8.08.